The Morgan fingerprint density at radius 2 is 2.35 bits per heavy atom. The van der Waals surface area contributed by atoms with Crippen molar-refractivity contribution < 1.29 is 9.53 Å². The van der Waals surface area contributed by atoms with Crippen LogP contribution in [0.15, 0.2) is 35.5 Å². The first-order valence-electron chi connectivity index (χ1n) is 5.11. The lowest BCUT2D eigenvalue weighted by Crippen LogP contribution is -2.25. The van der Waals surface area contributed by atoms with E-state index in [1.165, 1.54) is 6.26 Å². The summed E-state index contributed by atoms with van der Waals surface area (Å²) < 4.78 is 5.65. The molecule has 0 atom stereocenters. The molecule has 0 bridgehead atoms. The summed E-state index contributed by atoms with van der Waals surface area (Å²) in [7, 11) is 0. The van der Waals surface area contributed by atoms with Gasteiger partial charge in [-0.05, 0) is 40.5 Å². The number of rotatable bonds is 6. The van der Waals surface area contributed by atoms with Crippen LogP contribution < -0.4 is 5.32 Å². The Morgan fingerprint density at radius 3 is 3.00 bits per heavy atom. The first kappa shape index (κ1) is 14.1. The van der Waals surface area contributed by atoms with Crippen LogP contribution in [0, 0.1) is 0 Å². The Hall–Kier alpha value is -1.000. The van der Waals surface area contributed by atoms with Gasteiger partial charge in [0.15, 0.2) is 0 Å². The van der Waals surface area contributed by atoms with E-state index in [-0.39, 0.29) is 5.91 Å². The summed E-state index contributed by atoms with van der Waals surface area (Å²) in [6, 6.07) is 5.06. The standard InChI is InChI=1S/C12H13BrClNO2/c1-2-17-7-3-6-15-12(16)9-4-5-11(14)10(13)8-9/h2,4-5,8H,1,3,6-7H2,(H,15,16). The van der Waals surface area contributed by atoms with Crippen LogP contribution in [0.25, 0.3) is 0 Å². The van der Waals surface area contributed by atoms with Crippen LogP contribution in [0.4, 0.5) is 0 Å². The number of carbonyl (C=O) groups is 1. The number of halogens is 2. The molecule has 0 spiro atoms. The lowest BCUT2D eigenvalue weighted by molar-refractivity contribution is 0.0950. The van der Waals surface area contributed by atoms with E-state index < -0.39 is 0 Å². The third kappa shape index (κ3) is 4.79. The van der Waals surface area contributed by atoms with E-state index in [0.717, 1.165) is 6.42 Å². The maximum absolute atomic E-state index is 11.7. The Morgan fingerprint density at radius 1 is 1.59 bits per heavy atom. The predicted octanol–water partition coefficient (Wildman–Crippen LogP) is 3.38. The first-order chi connectivity index (χ1) is 8.15. The van der Waals surface area contributed by atoms with E-state index in [1.54, 1.807) is 18.2 Å². The van der Waals surface area contributed by atoms with Crippen molar-refractivity contribution in [3.05, 3.63) is 46.1 Å². The molecule has 0 heterocycles. The molecule has 3 nitrogen and oxygen atoms in total. The number of hydrogen-bond donors (Lipinski definition) is 1. The number of nitrogens with one attached hydrogen (secondary N) is 1. The molecule has 1 aromatic carbocycles. The van der Waals surface area contributed by atoms with E-state index >= 15 is 0 Å². The highest BCUT2D eigenvalue weighted by atomic mass is 79.9. The molecule has 0 aliphatic rings. The zero-order valence-corrected chi connectivity index (χ0v) is 11.6. The van der Waals surface area contributed by atoms with Gasteiger partial charge < -0.3 is 10.1 Å². The van der Waals surface area contributed by atoms with Crippen LogP contribution in [-0.4, -0.2) is 19.1 Å². The number of benzene rings is 1. The van der Waals surface area contributed by atoms with Gasteiger partial charge >= 0.3 is 0 Å². The molecule has 0 unspecified atom stereocenters. The van der Waals surface area contributed by atoms with Gasteiger partial charge in [-0.25, -0.2) is 0 Å². The first-order valence-corrected chi connectivity index (χ1v) is 6.28. The predicted molar refractivity (Wildman–Crippen MR) is 72.3 cm³/mol. The van der Waals surface area contributed by atoms with Crippen molar-refractivity contribution in [1.82, 2.24) is 5.32 Å². The summed E-state index contributed by atoms with van der Waals surface area (Å²) in [5.41, 5.74) is 0.575. The van der Waals surface area contributed by atoms with Gasteiger partial charge in [-0.2, -0.15) is 0 Å². The van der Waals surface area contributed by atoms with Gasteiger partial charge in [0, 0.05) is 16.6 Å². The molecule has 0 aliphatic carbocycles. The minimum Gasteiger partial charge on any atom is -0.502 e. The number of hydrogen-bond acceptors (Lipinski definition) is 2. The zero-order chi connectivity index (χ0) is 12.7. The van der Waals surface area contributed by atoms with Crippen molar-refractivity contribution in [3.63, 3.8) is 0 Å². The SMILES string of the molecule is C=COCCCNC(=O)c1ccc(Cl)c(Br)c1. The zero-order valence-electron chi connectivity index (χ0n) is 9.21. The third-order valence-corrected chi connectivity index (χ3v) is 3.24. The third-order valence-electron chi connectivity index (χ3n) is 2.02. The highest BCUT2D eigenvalue weighted by Crippen LogP contribution is 2.23. The summed E-state index contributed by atoms with van der Waals surface area (Å²) in [4.78, 5) is 11.7. The molecule has 17 heavy (non-hydrogen) atoms. The van der Waals surface area contributed by atoms with Crippen molar-refractivity contribution >= 4 is 33.4 Å². The largest absolute Gasteiger partial charge is 0.502 e. The van der Waals surface area contributed by atoms with Gasteiger partial charge in [0.25, 0.3) is 5.91 Å². The average Bonchev–Trinajstić information content (AvgIpc) is 2.32. The van der Waals surface area contributed by atoms with Crippen LogP contribution in [0.1, 0.15) is 16.8 Å². The molecule has 1 amide bonds. The maximum atomic E-state index is 11.7. The molecule has 92 valence electrons. The molecule has 1 rings (SSSR count). The van der Waals surface area contributed by atoms with Crippen molar-refractivity contribution in [2.24, 2.45) is 0 Å². The smallest absolute Gasteiger partial charge is 0.251 e. The van der Waals surface area contributed by atoms with Gasteiger partial charge in [-0.1, -0.05) is 18.2 Å². The second-order valence-electron chi connectivity index (χ2n) is 3.28. The highest BCUT2D eigenvalue weighted by molar-refractivity contribution is 9.10. The van der Waals surface area contributed by atoms with Gasteiger partial charge in [0.1, 0.15) is 0 Å². The molecular weight excluding hydrogens is 305 g/mol. The average molecular weight is 319 g/mol. The van der Waals surface area contributed by atoms with Crippen molar-refractivity contribution in [2.75, 3.05) is 13.2 Å². The lowest BCUT2D eigenvalue weighted by atomic mass is 10.2. The normalized spacial score (nSPS) is 9.76. The fourth-order valence-corrected chi connectivity index (χ4v) is 1.68. The summed E-state index contributed by atoms with van der Waals surface area (Å²) in [5.74, 6) is -0.124. The van der Waals surface area contributed by atoms with Crippen molar-refractivity contribution in [2.45, 2.75) is 6.42 Å². The molecule has 1 aromatic rings. The van der Waals surface area contributed by atoms with E-state index in [2.05, 4.69) is 27.8 Å². The summed E-state index contributed by atoms with van der Waals surface area (Å²) in [5, 5.41) is 3.37. The Labute approximate surface area is 114 Å². The van der Waals surface area contributed by atoms with Crippen molar-refractivity contribution in [1.29, 1.82) is 0 Å². The van der Waals surface area contributed by atoms with Gasteiger partial charge in [0.2, 0.25) is 0 Å². The Kier molecular flexibility index (Phi) is 6.08. The molecule has 1 N–H and O–H groups in total. The van der Waals surface area contributed by atoms with Crippen LogP contribution in [0.5, 0.6) is 0 Å². The van der Waals surface area contributed by atoms with Crippen LogP contribution in [0.2, 0.25) is 5.02 Å². The number of ether oxygens (including phenoxy) is 1. The monoisotopic (exact) mass is 317 g/mol. The Balaban J connectivity index is 2.41. The van der Waals surface area contributed by atoms with Crippen LogP contribution in [-0.2, 0) is 4.74 Å². The lowest BCUT2D eigenvalue weighted by Gasteiger charge is -2.06. The van der Waals surface area contributed by atoms with E-state index in [4.69, 9.17) is 16.3 Å². The van der Waals surface area contributed by atoms with Crippen LogP contribution >= 0.6 is 27.5 Å². The molecule has 0 aliphatic heterocycles. The summed E-state index contributed by atoms with van der Waals surface area (Å²) >= 11 is 9.12. The van der Waals surface area contributed by atoms with E-state index in [1.807, 2.05) is 0 Å². The number of carbonyl (C=O) groups excluding carboxylic acids is 1. The molecule has 0 fully saturated rings. The topological polar surface area (TPSA) is 38.3 Å². The molecule has 0 saturated heterocycles. The minimum absolute atomic E-state index is 0.124. The fraction of sp³-hybridized carbons (Fsp3) is 0.250. The van der Waals surface area contributed by atoms with Crippen molar-refractivity contribution in [3.8, 4) is 0 Å². The second-order valence-corrected chi connectivity index (χ2v) is 4.54. The second kappa shape index (κ2) is 7.35. The summed E-state index contributed by atoms with van der Waals surface area (Å²) in [6.07, 6.45) is 2.13. The quantitative estimate of drug-likeness (QED) is 0.645. The number of amides is 1. The fourth-order valence-electron chi connectivity index (χ4n) is 1.18. The Bertz CT molecular complexity index is 409. The minimum atomic E-state index is -0.124. The molecule has 0 aromatic heterocycles. The molecular formula is C12H13BrClNO2. The molecule has 5 heteroatoms. The van der Waals surface area contributed by atoms with Gasteiger partial charge in [0.05, 0.1) is 17.9 Å². The van der Waals surface area contributed by atoms with Crippen LogP contribution in [0.3, 0.4) is 0 Å². The summed E-state index contributed by atoms with van der Waals surface area (Å²) in [6.45, 7) is 4.54. The highest BCUT2D eigenvalue weighted by Gasteiger charge is 2.06. The maximum Gasteiger partial charge on any atom is 0.251 e. The van der Waals surface area contributed by atoms with Gasteiger partial charge in [-0.15, -0.1) is 0 Å². The molecule has 0 saturated carbocycles. The van der Waals surface area contributed by atoms with Gasteiger partial charge in [-0.3, -0.25) is 4.79 Å². The molecule has 0 radical (unpaired) electrons. The van der Waals surface area contributed by atoms with E-state index in [9.17, 15) is 4.79 Å². The van der Waals surface area contributed by atoms with E-state index in [0.29, 0.717) is 28.2 Å².